The van der Waals surface area contributed by atoms with Crippen molar-refractivity contribution in [3.05, 3.63) is 36.2 Å². The normalized spacial score (nSPS) is 15.5. The summed E-state index contributed by atoms with van der Waals surface area (Å²) in [6.45, 7) is 3.64. The van der Waals surface area contributed by atoms with E-state index in [1.165, 1.54) is 4.80 Å². The molecule has 0 aliphatic carbocycles. The number of tetrazole rings is 1. The number of carbonyl (C=O) groups excluding carboxylic acids is 1. The van der Waals surface area contributed by atoms with Gasteiger partial charge in [0.15, 0.2) is 5.82 Å². The summed E-state index contributed by atoms with van der Waals surface area (Å²) in [7, 11) is 1.78. The van der Waals surface area contributed by atoms with Crippen LogP contribution in [0.25, 0.3) is 11.4 Å². The second-order valence-electron chi connectivity index (χ2n) is 6.91. The highest BCUT2D eigenvalue weighted by Gasteiger charge is 2.24. The third-order valence-electron chi connectivity index (χ3n) is 4.90. The standard InChI is InChI=1S/C18H23N9O.ClH/c1-12(27-24-16(22-25-27)13-6-4-3-5-7-13)17(28)21-18-20-15(23-26(18)2)14-8-10-19-11-9-14;/h3-7,12,14,19H,8-11H2,1-2H3,(H,20,21,23,28);1H. The number of carbonyl (C=O) groups is 1. The van der Waals surface area contributed by atoms with E-state index in [0.29, 0.717) is 17.7 Å². The van der Waals surface area contributed by atoms with Crippen LogP contribution in [0.3, 0.4) is 0 Å². The number of hydrogen-bond donors (Lipinski definition) is 2. The molecule has 1 atom stereocenters. The van der Waals surface area contributed by atoms with Crippen molar-refractivity contribution in [3.63, 3.8) is 0 Å². The molecule has 2 aromatic heterocycles. The van der Waals surface area contributed by atoms with Gasteiger partial charge in [0, 0.05) is 18.5 Å². The third kappa shape index (κ3) is 4.60. The molecule has 154 valence electrons. The molecule has 3 heterocycles. The molecular formula is C18H24ClN9O. The smallest absolute Gasteiger partial charge is 0.253 e. The molecule has 29 heavy (non-hydrogen) atoms. The van der Waals surface area contributed by atoms with Gasteiger partial charge in [0.25, 0.3) is 5.91 Å². The molecule has 1 unspecified atom stereocenters. The van der Waals surface area contributed by atoms with Crippen LogP contribution in [0, 0.1) is 0 Å². The topological polar surface area (TPSA) is 115 Å². The Morgan fingerprint density at radius 1 is 1.21 bits per heavy atom. The summed E-state index contributed by atoms with van der Waals surface area (Å²) in [5, 5.41) is 23.0. The van der Waals surface area contributed by atoms with Crippen LogP contribution < -0.4 is 10.6 Å². The van der Waals surface area contributed by atoms with Gasteiger partial charge in [-0.25, -0.2) is 4.68 Å². The molecule has 1 saturated heterocycles. The lowest BCUT2D eigenvalue weighted by molar-refractivity contribution is -0.119. The number of nitrogens with one attached hydrogen (secondary N) is 2. The van der Waals surface area contributed by atoms with E-state index in [0.717, 1.165) is 37.3 Å². The molecule has 11 heteroatoms. The van der Waals surface area contributed by atoms with Crippen LogP contribution in [0.1, 0.15) is 37.5 Å². The van der Waals surface area contributed by atoms with Crippen molar-refractivity contribution in [2.75, 3.05) is 18.4 Å². The van der Waals surface area contributed by atoms with Crippen LogP contribution in [0.5, 0.6) is 0 Å². The van der Waals surface area contributed by atoms with E-state index in [2.05, 4.69) is 36.1 Å². The van der Waals surface area contributed by atoms with Crippen molar-refractivity contribution in [1.82, 2.24) is 40.3 Å². The zero-order chi connectivity index (χ0) is 19.5. The fourth-order valence-electron chi connectivity index (χ4n) is 3.18. The maximum Gasteiger partial charge on any atom is 0.253 e. The van der Waals surface area contributed by atoms with Gasteiger partial charge >= 0.3 is 0 Å². The molecule has 1 aromatic carbocycles. The van der Waals surface area contributed by atoms with E-state index in [1.54, 1.807) is 18.7 Å². The number of rotatable bonds is 5. The van der Waals surface area contributed by atoms with Crippen molar-refractivity contribution < 1.29 is 4.79 Å². The molecular weight excluding hydrogens is 394 g/mol. The van der Waals surface area contributed by atoms with Gasteiger partial charge in [0.1, 0.15) is 6.04 Å². The van der Waals surface area contributed by atoms with E-state index >= 15 is 0 Å². The van der Waals surface area contributed by atoms with Crippen molar-refractivity contribution in [2.45, 2.75) is 31.7 Å². The second kappa shape index (κ2) is 9.10. The largest absolute Gasteiger partial charge is 0.317 e. The molecule has 0 spiro atoms. The van der Waals surface area contributed by atoms with Crippen LogP contribution in [0.2, 0.25) is 0 Å². The first-order valence-electron chi connectivity index (χ1n) is 9.39. The average molecular weight is 418 g/mol. The zero-order valence-electron chi connectivity index (χ0n) is 16.3. The van der Waals surface area contributed by atoms with Gasteiger partial charge in [0.2, 0.25) is 11.8 Å². The number of benzene rings is 1. The van der Waals surface area contributed by atoms with Crippen LogP contribution in [-0.4, -0.2) is 54.0 Å². The minimum Gasteiger partial charge on any atom is -0.317 e. The molecule has 0 radical (unpaired) electrons. The first kappa shape index (κ1) is 20.9. The molecule has 3 aromatic rings. The van der Waals surface area contributed by atoms with Crippen LogP contribution >= 0.6 is 12.4 Å². The lowest BCUT2D eigenvalue weighted by Crippen LogP contribution is -2.27. The minimum absolute atomic E-state index is 0. The predicted octanol–water partition coefficient (Wildman–Crippen LogP) is 1.56. The fraction of sp³-hybridized carbons (Fsp3) is 0.444. The first-order valence-corrected chi connectivity index (χ1v) is 9.39. The van der Waals surface area contributed by atoms with E-state index in [4.69, 9.17) is 0 Å². The number of amides is 1. The van der Waals surface area contributed by atoms with Crippen LogP contribution in [0.4, 0.5) is 5.95 Å². The van der Waals surface area contributed by atoms with E-state index < -0.39 is 6.04 Å². The number of nitrogens with zero attached hydrogens (tertiary/aromatic N) is 7. The van der Waals surface area contributed by atoms with E-state index in [1.807, 2.05) is 30.3 Å². The molecule has 1 aliphatic heterocycles. The fourth-order valence-corrected chi connectivity index (χ4v) is 3.18. The molecule has 10 nitrogen and oxygen atoms in total. The number of aryl methyl sites for hydroxylation is 1. The molecule has 2 N–H and O–H groups in total. The van der Waals surface area contributed by atoms with Gasteiger partial charge in [-0.1, -0.05) is 30.3 Å². The lowest BCUT2D eigenvalue weighted by Gasteiger charge is -2.19. The summed E-state index contributed by atoms with van der Waals surface area (Å²) in [6, 6.07) is 8.88. The Hall–Kier alpha value is -2.85. The summed E-state index contributed by atoms with van der Waals surface area (Å²) < 4.78 is 1.60. The highest BCUT2D eigenvalue weighted by molar-refractivity contribution is 5.91. The monoisotopic (exact) mass is 417 g/mol. The van der Waals surface area contributed by atoms with Gasteiger partial charge in [-0.3, -0.25) is 10.1 Å². The lowest BCUT2D eigenvalue weighted by atomic mass is 9.98. The Balaban J connectivity index is 0.00000240. The van der Waals surface area contributed by atoms with Crippen LogP contribution in [0.15, 0.2) is 30.3 Å². The maximum absolute atomic E-state index is 12.7. The van der Waals surface area contributed by atoms with E-state index in [-0.39, 0.29) is 18.3 Å². The zero-order valence-corrected chi connectivity index (χ0v) is 17.1. The molecule has 0 bridgehead atoms. The van der Waals surface area contributed by atoms with E-state index in [9.17, 15) is 4.79 Å². The Morgan fingerprint density at radius 3 is 2.66 bits per heavy atom. The Labute approximate surface area is 174 Å². The van der Waals surface area contributed by atoms with Gasteiger partial charge < -0.3 is 5.32 Å². The quantitative estimate of drug-likeness (QED) is 0.647. The van der Waals surface area contributed by atoms with Crippen molar-refractivity contribution in [3.8, 4) is 11.4 Å². The molecule has 4 rings (SSSR count). The summed E-state index contributed by atoms with van der Waals surface area (Å²) in [4.78, 5) is 18.5. The molecule has 1 amide bonds. The van der Waals surface area contributed by atoms with Gasteiger partial charge in [-0.15, -0.1) is 22.6 Å². The average Bonchev–Trinajstić information content (AvgIpc) is 3.36. The van der Waals surface area contributed by atoms with Gasteiger partial charge in [-0.2, -0.15) is 14.9 Å². The number of hydrogen-bond acceptors (Lipinski definition) is 7. The molecule has 1 aliphatic rings. The molecule has 1 fully saturated rings. The Bertz CT molecular complexity index is 949. The Kier molecular flexibility index (Phi) is 6.55. The maximum atomic E-state index is 12.7. The minimum atomic E-state index is -0.635. The summed E-state index contributed by atoms with van der Waals surface area (Å²) >= 11 is 0. The summed E-state index contributed by atoms with van der Waals surface area (Å²) in [6.07, 6.45) is 2.00. The summed E-state index contributed by atoms with van der Waals surface area (Å²) in [5.74, 6) is 1.73. The highest BCUT2D eigenvalue weighted by atomic mass is 35.5. The van der Waals surface area contributed by atoms with Gasteiger partial charge in [0.05, 0.1) is 0 Å². The number of anilines is 1. The van der Waals surface area contributed by atoms with Crippen molar-refractivity contribution >= 4 is 24.3 Å². The first-order chi connectivity index (χ1) is 13.6. The third-order valence-corrected chi connectivity index (χ3v) is 4.90. The van der Waals surface area contributed by atoms with Crippen molar-refractivity contribution in [1.29, 1.82) is 0 Å². The number of halogens is 1. The SMILES string of the molecule is CC(C(=O)Nc1nc(C2CCNCC2)nn1C)n1nnc(-c2ccccc2)n1.Cl. The predicted molar refractivity (Wildman–Crippen MR) is 110 cm³/mol. The number of aromatic nitrogens is 7. The molecule has 0 saturated carbocycles. The van der Waals surface area contributed by atoms with Gasteiger partial charge in [-0.05, 0) is 38.1 Å². The van der Waals surface area contributed by atoms with Crippen molar-refractivity contribution in [2.24, 2.45) is 7.05 Å². The summed E-state index contributed by atoms with van der Waals surface area (Å²) in [5.41, 5.74) is 0.848. The number of piperidine rings is 1. The second-order valence-corrected chi connectivity index (χ2v) is 6.91. The Morgan fingerprint density at radius 2 is 1.93 bits per heavy atom. The highest BCUT2D eigenvalue weighted by Crippen LogP contribution is 2.23. The van der Waals surface area contributed by atoms with Crippen LogP contribution in [-0.2, 0) is 11.8 Å².